The number of nitrogens with zero attached hydrogens (tertiary/aromatic N) is 1. The molecule has 2 saturated carbocycles. The van der Waals surface area contributed by atoms with E-state index in [2.05, 4.69) is 11.8 Å². The van der Waals surface area contributed by atoms with Crippen molar-refractivity contribution in [2.24, 2.45) is 23.2 Å². The first-order chi connectivity index (χ1) is 9.08. The van der Waals surface area contributed by atoms with E-state index in [1.54, 1.807) is 0 Å². The Morgan fingerprint density at radius 1 is 1.32 bits per heavy atom. The van der Waals surface area contributed by atoms with Gasteiger partial charge >= 0.3 is 0 Å². The summed E-state index contributed by atoms with van der Waals surface area (Å²) in [6.45, 7) is 4.27. The van der Waals surface area contributed by atoms with Crippen LogP contribution in [0.2, 0.25) is 0 Å². The molecule has 0 aromatic heterocycles. The fourth-order valence-corrected chi connectivity index (χ4v) is 6.23. The van der Waals surface area contributed by atoms with Gasteiger partial charge in [-0.25, -0.2) is 0 Å². The molecule has 3 nitrogen and oxygen atoms in total. The molecule has 0 aromatic carbocycles. The maximum Gasteiger partial charge on any atom is 0.137 e. The molecule has 106 valence electrons. The predicted molar refractivity (Wildman–Crippen MR) is 72.4 cm³/mol. The van der Waals surface area contributed by atoms with Crippen molar-refractivity contribution in [3.63, 3.8) is 0 Å². The first kappa shape index (κ1) is 12.3. The molecule has 1 N–H and O–H groups in total. The van der Waals surface area contributed by atoms with Crippen molar-refractivity contribution in [3.8, 4) is 0 Å². The molecule has 0 radical (unpaired) electrons. The van der Waals surface area contributed by atoms with Crippen LogP contribution in [0.15, 0.2) is 0 Å². The summed E-state index contributed by atoms with van der Waals surface area (Å²) in [6, 6.07) is 0. The van der Waals surface area contributed by atoms with Crippen LogP contribution in [0, 0.1) is 23.2 Å². The molecular weight excluding hydrogens is 238 g/mol. The molecular formula is C16H25NO2. The summed E-state index contributed by atoms with van der Waals surface area (Å²) in [7, 11) is 0. The summed E-state index contributed by atoms with van der Waals surface area (Å²) < 4.78 is 0. The van der Waals surface area contributed by atoms with E-state index in [-0.39, 0.29) is 11.3 Å². The van der Waals surface area contributed by atoms with Gasteiger partial charge in [-0.15, -0.1) is 0 Å². The highest BCUT2D eigenvalue weighted by molar-refractivity contribution is 5.85. The fourth-order valence-electron chi connectivity index (χ4n) is 6.23. The summed E-state index contributed by atoms with van der Waals surface area (Å²) in [6.07, 6.45) is 7.12. The average molecular weight is 263 g/mol. The van der Waals surface area contributed by atoms with Crippen LogP contribution in [-0.4, -0.2) is 34.6 Å². The second-order valence-corrected chi connectivity index (χ2v) is 7.55. The van der Waals surface area contributed by atoms with Gasteiger partial charge < -0.3 is 5.11 Å². The molecule has 0 aromatic rings. The Labute approximate surface area is 115 Å². The Morgan fingerprint density at radius 3 is 2.95 bits per heavy atom. The number of piperidine rings is 1. The van der Waals surface area contributed by atoms with Crippen molar-refractivity contribution in [1.82, 2.24) is 4.90 Å². The SMILES string of the molecule is C[C@@H]1C[C@H]2CC(=O)[C@@H]3CCCN4CCC[C@@]23[C@]4(O)C1. The van der Waals surface area contributed by atoms with Crippen LogP contribution in [0.4, 0.5) is 0 Å². The van der Waals surface area contributed by atoms with Crippen molar-refractivity contribution >= 4 is 5.78 Å². The molecule has 2 heterocycles. The minimum Gasteiger partial charge on any atom is -0.375 e. The topological polar surface area (TPSA) is 40.5 Å². The van der Waals surface area contributed by atoms with Crippen LogP contribution in [0.25, 0.3) is 0 Å². The van der Waals surface area contributed by atoms with E-state index < -0.39 is 5.72 Å². The maximum absolute atomic E-state index is 12.5. The predicted octanol–water partition coefficient (Wildman–Crippen LogP) is 2.19. The van der Waals surface area contributed by atoms with Crippen LogP contribution >= 0.6 is 0 Å². The van der Waals surface area contributed by atoms with Gasteiger partial charge in [-0.3, -0.25) is 9.69 Å². The lowest BCUT2D eigenvalue weighted by molar-refractivity contribution is -0.264. The molecule has 4 fully saturated rings. The lowest BCUT2D eigenvalue weighted by Crippen LogP contribution is -2.68. The van der Waals surface area contributed by atoms with Crippen LogP contribution < -0.4 is 0 Å². The van der Waals surface area contributed by atoms with Gasteiger partial charge in [0.1, 0.15) is 11.5 Å². The fraction of sp³-hybridized carbons (Fsp3) is 0.938. The minimum absolute atomic E-state index is 0.0919. The van der Waals surface area contributed by atoms with Gasteiger partial charge in [0.15, 0.2) is 0 Å². The third kappa shape index (κ3) is 1.33. The highest BCUT2D eigenvalue weighted by Crippen LogP contribution is 2.66. The second kappa shape index (κ2) is 3.82. The third-order valence-corrected chi connectivity index (χ3v) is 6.71. The van der Waals surface area contributed by atoms with E-state index >= 15 is 0 Å². The number of carbonyl (C=O) groups is 1. The third-order valence-electron chi connectivity index (χ3n) is 6.71. The Balaban J connectivity index is 1.90. The summed E-state index contributed by atoms with van der Waals surface area (Å²) in [4.78, 5) is 14.9. The second-order valence-electron chi connectivity index (χ2n) is 7.55. The standard InChI is InChI=1S/C16H25NO2/c1-11-8-12-9-14(18)13-4-2-6-17-7-3-5-15(12,13)16(17,19)10-11/h11-13,19H,2-10H2,1H3/t11-,12+,13+,15-,16-/m1/s1. The molecule has 2 aliphatic carbocycles. The molecule has 6 atom stereocenters. The number of rotatable bonds is 0. The Hall–Kier alpha value is -0.410. The lowest BCUT2D eigenvalue weighted by atomic mass is 9.53. The number of Topliss-reactive ketones (excluding diaryl/α,β-unsaturated/α-hetero) is 1. The summed E-state index contributed by atoms with van der Waals surface area (Å²) in [5.41, 5.74) is -0.772. The van der Waals surface area contributed by atoms with E-state index in [0.717, 1.165) is 58.0 Å². The molecule has 3 heteroatoms. The molecule has 4 rings (SSSR count). The van der Waals surface area contributed by atoms with Crippen LogP contribution in [0.5, 0.6) is 0 Å². The van der Waals surface area contributed by atoms with Crippen molar-refractivity contribution in [2.75, 3.05) is 13.1 Å². The monoisotopic (exact) mass is 263 g/mol. The van der Waals surface area contributed by atoms with E-state index in [9.17, 15) is 9.90 Å². The Kier molecular flexibility index (Phi) is 2.48. The van der Waals surface area contributed by atoms with Gasteiger partial charge in [0.25, 0.3) is 0 Å². The summed E-state index contributed by atoms with van der Waals surface area (Å²) >= 11 is 0. The molecule has 19 heavy (non-hydrogen) atoms. The zero-order valence-electron chi connectivity index (χ0n) is 11.9. The van der Waals surface area contributed by atoms with Gasteiger partial charge in [0.05, 0.1) is 0 Å². The largest absolute Gasteiger partial charge is 0.375 e. The minimum atomic E-state index is -0.680. The number of hydrogen-bond acceptors (Lipinski definition) is 3. The van der Waals surface area contributed by atoms with E-state index in [1.165, 1.54) is 0 Å². The summed E-state index contributed by atoms with van der Waals surface area (Å²) in [5, 5.41) is 11.6. The highest BCUT2D eigenvalue weighted by atomic mass is 16.3. The van der Waals surface area contributed by atoms with E-state index in [4.69, 9.17) is 0 Å². The van der Waals surface area contributed by atoms with Crippen LogP contribution in [-0.2, 0) is 4.79 Å². The molecule has 1 spiro atoms. The quantitative estimate of drug-likeness (QED) is 0.728. The number of aliphatic hydroxyl groups is 1. The number of hydrogen-bond donors (Lipinski definition) is 1. The first-order valence-corrected chi connectivity index (χ1v) is 8.08. The van der Waals surface area contributed by atoms with Crippen molar-refractivity contribution in [1.29, 1.82) is 0 Å². The smallest absolute Gasteiger partial charge is 0.137 e. The van der Waals surface area contributed by atoms with Gasteiger partial charge in [0, 0.05) is 30.8 Å². The van der Waals surface area contributed by atoms with Crippen molar-refractivity contribution in [2.45, 2.75) is 57.6 Å². The molecule has 4 aliphatic rings. The highest BCUT2D eigenvalue weighted by Gasteiger charge is 2.69. The van der Waals surface area contributed by atoms with Crippen LogP contribution in [0.1, 0.15) is 51.9 Å². The molecule has 2 aliphatic heterocycles. The zero-order chi connectivity index (χ0) is 13.3. The van der Waals surface area contributed by atoms with Crippen LogP contribution in [0.3, 0.4) is 0 Å². The van der Waals surface area contributed by atoms with Gasteiger partial charge in [-0.1, -0.05) is 6.92 Å². The van der Waals surface area contributed by atoms with E-state index in [0.29, 0.717) is 17.6 Å². The number of ketones is 1. The normalized spacial score (nSPS) is 56.6. The summed E-state index contributed by atoms with van der Waals surface area (Å²) in [5.74, 6) is 1.61. The van der Waals surface area contributed by atoms with Crippen molar-refractivity contribution in [3.05, 3.63) is 0 Å². The molecule has 2 bridgehead atoms. The average Bonchev–Trinajstić information content (AvgIpc) is 2.59. The molecule has 1 unspecified atom stereocenters. The van der Waals surface area contributed by atoms with Gasteiger partial charge in [0.2, 0.25) is 0 Å². The van der Waals surface area contributed by atoms with Crippen molar-refractivity contribution < 1.29 is 9.90 Å². The Morgan fingerprint density at radius 2 is 2.11 bits per heavy atom. The first-order valence-electron chi connectivity index (χ1n) is 8.08. The zero-order valence-corrected chi connectivity index (χ0v) is 11.9. The lowest BCUT2D eigenvalue weighted by Gasteiger charge is -2.61. The Bertz CT molecular complexity index is 423. The maximum atomic E-state index is 12.5. The molecule has 2 saturated heterocycles. The van der Waals surface area contributed by atoms with E-state index in [1.807, 2.05) is 0 Å². The van der Waals surface area contributed by atoms with Gasteiger partial charge in [-0.2, -0.15) is 0 Å². The molecule has 0 amide bonds. The van der Waals surface area contributed by atoms with Gasteiger partial charge in [-0.05, 0) is 50.4 Å². The number of carbonyl (C=O) groups excluding carboxylic acids is 1.